The third-order valence-electron chi connectivity index (χ3n) is 3.10. The van der Waals surface area contributed by atoms with Gasteiger partial charge in [0, 0.05) is 5.54 Å². The Labute approximate surface area is 133 Å². The van der Waals surface area contributed by atoms with E-state index in [4.69, 9.17) is 10.00 Å². The molecule has 22 heavy (non-hydrogen) atoms. The summed E-state index contributed by atoms with van der Waals surface area (Å²) in [5, 5.41) is 11.8. The molecular weight excluding hydrogens is 276 g/mol. The third kappa shape index (κ3) is 6.17. The van der Waals surface area contributed by atoms with E-state index >= 15 is 0 Å². The molecule has 0 saturated carbocycles. The van der Waals surface area contributed by atoms with Crippen LogP contribution in [-0.4, -0.2) is 17.6 Å². The van der Waals surface area contributed by atoms with Crippen molar-refractivity contribution < 1.29 is 9.53 Å². The van der Waals surface area contributed by atoms with Crippen LogP contribution in [0.5, 0.6) is 5.75 Å². The molecule has 1 amide bonds. The van der Waals surface area contributed by atoms with Crippen molar-refractivity contribution in [3.63, 3.8) is 0 Å². The van der Waals surface area contributed by atoms with E-state index in [1.54, 1.807) is 31.2 Å². The fourth-order valence-electron chi connectivity index (χ4n) is 2.67. The lowest BCUT2D eigenvalue weighted by molar-refractivity contribution is -0.129. The second kappa shape index (κ2) is 6.83. The van der Waals surface area contributed by atoms with Crippen LogP contribution in [0.15, 0.2) is 24.3 Å². The number of ether oxygens (including phenoxy) is 1. The van der Waals surface area contributed by atoms with E-state index in [0.717, 1.165) is 6.42 Å². The van der Waals surface area contributed by atoms with Crippen molar-refractivity contribution in [1.29, 1.82) is 5.26 Å². The van der Waals surface area contributed by atoms with E-state index in [9.17, 15) is 4.79 Å². The zero-order valence-electron chi connectivity index (χ0n) is 14.4. The highest BCUT2D eigenvalue weighted by Crippen LogP contribution is 2.27. The fourth-order valence-corrected chi connectivity index (χ4v) is 2.67. The molecule has 4 nitrogen and oxygen atoms in total. The first-order chi connectivity index (χ1) is 10.0. The minimum Gasteiger partial charge on any atom is -0.481 e. The molecule has 1 unspecified atom stereocenters. The molecule has 0 aliphatic carbocycles. The van der Waals surface area contributed by atoms with Gasteiger partial charge < -0.3 is 10.1 Å². The van der Waals surface area contributed by atoms with E-state index in [0.29, 0.717) is 11.3 Å². The Balaban J connectivity index is 2.63. The van der Waals surface area contributed by atoms with Crippen molar-refractivity contribution in [3.8, 4) is 11.8 Å². The smallest absolute Gasteiger partial charge is 0.261 e. The molecule has 1 aromatic rings. The van der Waals surface area contributed by atoms with Gasteiger partial charge in [-0.1, -0.05) is 20.8 Å². The highest BCUT2D eigenvalue weighted by atomic mass is 16.5. The molecule has 0 aliphatic heterocycles. The van der Waals surface area contributed by atoms with E-state index in [-0.39, 0.29) is 16.9 Å². The molecule has 120 valence electrons. The van der Waals surface area contributed by atoms with Crippen LogP contribution >= 0.6 is 0 Å². The Morgan fingerprint density at radius 2 is 1.77 bits per heavy atom. The second-order valence-corrected chi connectivity index (χ2v) is 7.51. The largest absolute Gasteiger partial charge is 0.481 e. The standard InChI is InChI=1S/C18H26N2O2/c1-13(22-15-9-7-14(11-19)8-10-15)16(21)20-18(5,6)12-17(2,3)4/h7-10,13H,12H2,1-6H3,(H,20,21). The average Bonchev–Trinajstić information content (AvgIpc) is 2.36. The average molecular weight is 302 g/mol. The minimum atomic E-state index is -0.591. The molecule has 1 rings (SSSR count). The van der Waals surface area contributed by atoms with Gasteiger partial charge in [0.05, 0.1) is 11.6 Å². The molecule has 1 atom stereocenters. The first-order valence-electron chi connectivity index (χ1n) is 7.51. The van der Waals surface area contributed by atoms with Crippen molar-refractivity contribution >= 4 is 5.91 Å². The van der Waals surface area contributed by atoms with Crippen LogP contribution in [0, 0.1) is 16.7 Å². The van der Waals surface area contributed by atoms with Gasteiger partial charge in [-0.15, -0.1) is 0 Å². The van der Waals surface area contributed by atoms with Crippen molar-refractivity contribution in [3.05, 3.63) is 29.8 Å². The summed E-state index contributed by atoms with van der Waals surface area (Å²) >= 11 is 0. The van der Waals surface area contributed by atoms with Gasteiger partial charge in [-0.3, -0.25) is 4.79 Å². The van der Waals surface area contributed by atoms with Gasteiger partial charge in [-0.2, -0.15) is 5.26 Å². The predicted octanol–water partition coefficient (Wildman–Crippen LogP) is 3.66. The number of carbonyl (C=O) groups excluding carboxylic acids is 1. The summed E-state index contributed by atoms with van der Waals surface area (Å²) in [5.74, 6) is 0.439. The Morgan fingerprint density at radius 3 is 2.23 bits per heavy atom. The Morgan fingerprint density at radius 1 is 1.23 bits per heavy atom. The molecule has 0 saturated heterocycles. The monoisotopic (exact) mass is 302 g/mol. The molecule has 0 fully saturated rings. The molecule has 1 N–H and O–H groups in total. The maximum Gasteiger partial charge on any atom is 0.261 e. The zero-order chi connectivity index (χ0) is 17.0. The topological polar surface area (TPSA) is 62.1 Å². The van der Waals surface area contributed by atoms with Gasteiger partial charge in [0.1, 0.15) is 5.75 Å². The maximum atomic E-state index is 12.3. The van der Waals surface area contributed by atoms with Crippen LogP contribution in [0.1, 0.15) is 53.5 Å². The summed E-state index contributed by atoms with van der Waals surface area (Å²) in [6, 6.07) is 8.78. The summed E-state index contributed by atoms with van der Waals surface area (Å²) in [5.41, 5.74) is 0.404. The summed E-state index contributed by atoms with van der Waals surface area (Å²) in [6.45, 7) is 12.2. The molecule has 0 bridgehead atoms. The van der Waals surface area contributed by atoms with Gasteiger partial charge in [-0.05, 0) is 56.9 Å². The van der Waals surface area contributed by atoms with Gasteiger partial charge in [0.15, 0.2) is 6.10 Å². The maximum absolute atomic E-state index is 12.3. The minimum absolute atomic E-state index is 0.133. The molecule has 0 aliphatic rings. The number of nitriles is 1. The molecule has 4 heteroatoms. The number of carbonyl (C=O) groups is 1. The molecule has 0 aromatic heterocycles. The number of hydrogen-bond donors (Lipinski definition) is 1. The van der Waals surface area contributed by atoms with Gasteiger partial charge >= 0.3 is 0 Å². The van der Waals surface area contributed by atoms with E-state index in [2.05, 4.69) is 26.1 Å². The van der Waals surface area contributed by atoms with E-state index in [1.165, 1.54) is 0 Å². The molecular formula is C18H26N2O2. The summed E-state index contributed by atoms with van der Waals surface area (Å²) in [7, 11) is 0. The first kappa shape index (κ1) is 18.0. The third-order valence-corrected chi connectivity index (χ3v) is 3.10. The van der Waals surface area contributed by atoms with Crippen LogP contribution in [0.25, 0.3) is 0 Å². The molecule has 0 spiro atoms. The Kier molecular flexibility index (Phi) is 5.59. The van der Waals surface area contributed by atoms with Gasteiger partial charge in [0.2, 0.25) is 0 Å². The molecule has 0 radical (unpaired) electrons. The second-order valence-electron chi connectivity index (χ2n) is 7.51. The summed E-state index contributed by atoms with van der Waals surface area (Å²) in [6.07, 6.45) is 0.280. The lowest BCUT2D eigenvalue weighted by Crippen LogP contribution is -2.50. The van der Waals surface area contributed by atoms with Crippen molar-refractivity contribution in [2.24, 2.45) is 5.41 Å². The van der Waals surface area contributed by atoms with Gasteiger partial charge in [-0.25, -0.2) is 0 Å². The van der Waals surface area contributed by atoms with Crippen LogP contribution in [0.2, 0.25) is 0 Å². The summed E-state index contributed by atoms with van der Waals surface area (Å²) in [4.78, 5) is 12.3. The lowest BCUT2D eigenvalue weighted by Gasteiger charge is -2.34. The van der Waals surface area contributed by atoms with E-state index < -0.39 is 6.10 Å². The van der Waals surface area contributed by atoms with Crippen LogP contribution < -0.4 is 10.1 Å². The number of benzene rings is 1. The SMILES string of the molecule is CC(Oc1ccc(C#N)cc1)C(=O)NC(C)(C)CC(C)(C)C. The van der Waals surface area contributed by atoms with Crippen LogP contribution in [0.3, 0.4) is 0 Å². The van der Waals surface area contributed by atoms with Gasteiger partial charge in [0.25, 0.3) is 5.91 Å². The van der Waals surface area contributed by atoms with E-state index in [1.807, 2.05) is 19.9 Å². The Hall–Kier alpha value is -2.02. The quantitative estimate of drug-likeness (QED) is 0.903. The zero-order valence-corrected chi connectivity index (χ0v) is 14.4. The number of hydrogen-bond acceptors (Lipinski definition) is 3. The van der Waals surface area contributed by atoms with Crippen molar-refractivity contribution in [2.45, 2.75) is 59.6 Å². The predicted molar refractivity (Wildman–Crippen MR) is 87.5 cm³/mol. The van der Waals surface area contributed by atoms with Crippen molar-refractivity contribution in [1.82, 2.24) is 5.32 Å². The number of nitrogens with zero attached hydrogens (tertiary/aromatic N) is 1. The highest BCUT2D eigenvalue weighted by molar-refractivity contribution is 5.81. The Bertz CT molecular complexity index is 548. The number of amides is 1. The first-order valence-corrected chi connectivity index (χ1v) is 7.51. The highest BCUT2D eigenvalue weighted by Gasteiger charge is 2.29. The number of rotatable bonds is 5. The molecule has 0 heterocycles. The normalized spacial score (nSPS) is 13.1. The lowest BCUT2D eigenvalue weighted by atomic mass is 9.81. The molecule has 1 aromatic carbocycles. The van der Waals surface area contributed by atoms with Crippen molar-refractivity contribution in [2.75, 3.05) is 0 Å². The summed E-state index contributed by atoms with van der Waals surface area (Å²) < 4.78 is 5.63. The van der Waals surface area contributed by atoms with Crippen LogP contribution in [0.4, 0.5) is 0 Å². The fraction of sp³-hybridized carbons (Fsp3) is 0.556. The van der Waals surface area contributed by atoms with Crippen LogP contribution in [-0.2, 0) is 4.79 Å². The number of nitrogens with one attached hydrogen (secondary N) is 1.